The molecule has 0 spiro atoms. The lowest BCUT2D eigenvalue weighted by atomic mass is 9.77. The van der Waals surface area contributed by atoms with Gasteiger partial charge in [0.25, 0.3) is 5.91 Å². The second-order valence-electron chi connectivity index (χ2n) is 8.36. The molecule has 0 aromatic heterocycles. The first kappa shape index (κ1) is 22.2. The molecule has 1 aliphatic heterocycles. The van der Waals surface area contributed by atoms with Gasteiger partial charge >= 0.3 is 0 Å². The van der Waals surface area contributed by atoms with Gasteiger partial charge in [-0.1, -0.05) is 59.1 Å². The first-order valence-corrected chi connectivity index (χ1v) is 12.0. The van der Waals surface area contributed by atoms with Gasteiger partial charge in [-0.2, -0.15) is 5.10 Å². The van der Waals surface area contributed by atoms with E-state index in [9.17, 15) is 4.79 Å². The molecule has 1 aliphatic carbocycles. The summed E-state index contributed by atoms with van der Waals surface area (Å²) in [5.74, 6) is -0.0194. The molecule has 1 fully saturated rings. The van der Waals surface area contributed by atoms with Crippen molar-refractivity contribution in [2.45, 2.75) is 25.3 Å². The van der Waals surface area contributed by atoms with E-state index in [4.69, 9.17) is 39.9 Å². The number of rotatable bonds is 3. The van der Waals surface area contributed by atoms with Crippen LogP contribution in [0.15, 0.2) is 83.5 Å². The van der Waals surface area contributed by atoms with E-state index in [2.05, 4.69) is 6.08 Å². The van der Waals surface area contributed by atoms with E-state index in [0.717, 1.165) is 36.1 Å². The van der Waals surface area contributed by atoms with E-state index in [1.54, 1.807) is 29.3 Å². The Balaban J connectivity index is 1.57. The minimum atomic E-state index is -0.186. The summed E-state index contributed by atoms with van der Waals surface area (Å²) in [6.45, 7) is 0. The number of hydrogen-bond donors (Lipinski definition) is 0. The molecule has 1 saturated carbocycles. The summed E-state index contributed by atoms with van der Waals surface area (Å²) in [6, 6.07) is 22.3. The van der Waals surface area contributed by atoms with Crippen molar-refractivity contribution in [2.24, 2.45) is 11.0 Å². The maximum absolute atomic E-state index is 13.6. The molecule has 6 heteroatoms. The third kappa shape index (κ3) is 4.59. The number of carbonyl (C=O) groups excluding carboxylic acids is 1. The molecule has 2 aliphatic rings. The van der Waals surface area contributed by atoms with Crippen molar-refractivity contribution in [3.63, 3.8) is 0 Å². The summed E-state index contributed by atoms with van der Waals surface area (Å²) in [5.41, 5.74) is 4.81. The first-order valence-electron chi connectivity index (χ1n) is 10.9. The lowest BCUT2D eigenvalue weighted by Crippen LogP contribution is -2.31. The van der Waals surface area contributed by atoms with Gasteiger partial charge in [-0.05, 0) is 90.6 Å². The summed E-state index contributed by atoms with van der Waals surface area (Å²) in [5, 5.41) is 8.54. The lowest BCUT2D eigenvalue weighted by Gasteiger charge is -2.29. The Morgan fingerprint density at radius 3 is 2.06 bits per heavy atom. The van der Waals surface area contributed by atoms with Crippen LogP contribution in [-0.4, -0.2) is 16.6 Å². The summed E-state index contributed by atoms with van der Waals surface area (Å²) < 4.78 is 0. The van der Waals surface area contributed by atoms with Gasteiger partial charge in [0.05, 0.1) is 11.8 Å². The highest BCUT2D eigenvalue weighted by Gasteiger charge is 2.43. The Labute approximate surface area is 208 Å². The minimum Gasteiger partial charge on any atom is -0.267 e. The summed E-state index contributed by atoms with van der Waals surface area (Å²) >= 11 is 18.2. The Morgan fingerprint density at radius 2 is 1.42 bits per heavy atom. The number of benzene rings is 3. The second kappa shape index (κ2) is 9.34. The standard InChI is InChI=1S/C27H21Cl3N2O/c28-21-10-4-17(5-11-21)16-20-2-1-3-24-25(20)31-32(26(24)18-6-12-22(29)13-7-18)27(33)19-8-14-23(30)15-9-19/h4-16,24,26H,1-3H2/b20-16+/t24-,26+/m0/s1. The fourth-order valence-electron chi connectivity index (χ4n) is 4.65. The molecular weight excluding hydrogens is 475 g/mol. The highest BCUT2D eigenvalue weighted by molar-refractivity contribution is 6.31. The van der Waals surface area contributed by atoms with Crippen LogP contribution in [-0.2, 0) is 0 Å². The normalized spacial score (nSPS) is 21.1. The van der Waals surface area contributed by atoms with Crippen molar-refractivity contribution in [2.75, 3.05) is 0 Å². The molecule has 3 aromatic rings. The Morgan fingerprint density at radius 1 is 0.848 bits per heavy atom. The smallest absolute Gasteiger partial charge is 0.267 e. The molecule has 0 N–H and O–H groups in total. The second-order valence-corrected chi connectivity index (χ2v) is 9.67. The minimum absolute atomic E-state index is 0.120. The number of allylic oxidation sites excluding steroid dienone is 1. The van der Waals surface area contributed by atoms with Gasteiger partial charge in [-0.15, -0.1) is 0 Å². The lowest BCUT2D eigenvalue weighted by molar-refractivity contribution is 0.0681. The fraction of sp³-hybridized carbons (Fsp3) is 0.185. The zero-order chi connectivity index (χ0) is 22.9. The van der Waals surface area contributed by atoms with E-state index < -0.39 is 0 Å². The molecule has 0 radical (unpaired) electrons. The van der Waals surface area contributed by atoms with Crippen molar-refractivity contribution >= 4 is 52.5 Å². The average Bonchev–Trinajstić information content (AvgIpc) is 3.22. The van der Waals surface area contributed by atoms with Crippen LogP contribution in [0.4, 0.5) is 0 Å². The van der Waals surface area contributed by atoms with Gasteiger partial charge in [0.15, 0.2) is 0 Å². The third-order valence-electron chi connectivity index (χ3n) is 6.22. The first-order chi connectivity index (χ1) is 16.0. The molecular formula is C27H21Cl3N2O. The molecule has 3 nitrogen and oxygen atoms in total. The Hall–Kier alpha value is -2.59. The largest absolute Gasteiger partial charge is 0.274 e. The number of halogens is 3. The van der Waals surface area contributed by atoms with Gasteiger partial charge in [0, 0.05) is 26.5 Å². The summed E-state index contributed by atoms with van der Waals surface area (Å²) in [6.07, 6.45) is 5.09. The van der Waals surface area contributed by atoms with Crippen LogP contribution in [0.1, 0.15) is 46.8 Å². The molecule has 166 valence electrons. The van der Waals surface area contributed by atoms with Gasteiger partial charge in [0.1, 0.15) is 0 Å². The molecule has 0 saturated heterocycles. The monoisotopic (exact) mass is 494 g/mol. The molecule has 0 bridgehead atoms. The SMILES string of the molecule is O=C(c1ccc(Cl)cc1)N1N=C2/C(=C/c3ccc(Cl)cc3)CCC[C@@H]2[C@H]1c1ccc(Cl)cc1. The number of carbonyl (C=O) groups is 1. The summed E-state index contributed by atoms with van der Waals surface area (Å²) in [4.78, 5) is 13.6. The van der Waals surface area contributed by atoms with Crippen LogP contribution in [0.2, 0.25) is 15.1 Å². The average molecular weight is 496 g/mol. The number of fused-ring (bicyclic) bond motifs is 1. The van der Waals surface area contributed by atoms with E-state index in [-0.39, 0.29) is 17.9 Å². The number of hydrogen-bond acceptors (Lipinski definition) is 2. The zero-order valence-electron chi connectivity index (χ0n) is 17.7. The number of nitrogens with zero attached hydrogens (tertiary/aromatic N) is 2. The van der Waals surface area contributed by atoms with Gasteiger partial charge in [-0.25, -0.2) is 5.01 Å². The number of hydrazone groups is 1. The van der Waals surface area contributed by atoms with Crippen LogP contribution in [0.25, 0.3) is 6.08 Å². The van der Waals surface area contributed by atoms with Gasteiger partial charge < -0.3 is 0 Å². The fourth-order valence-corrected chi connectivity index (χ4v) is 5.02. The van der Waals surface area contributed by atoms with E-state index in [1.807, 2.05) is 48.5 Å². The molecule has 33 heavy (non-hydrogen) atoms. The van der Waals surface area contributed by atoms with E-state index in [1.165, 1.54) is 5.57 Å². The quantitative estimate of drug-likeness (QED) is 0.361. The predicted molar refractivity (Wildman–Crippen MR) is 136 cm³/mol. The Bertz CT molecular complexity index is 1230. The maximum atomic E-state index is 13.6. The third-order valence-corrected chi connectivity index (χ3v) is 6.98. The highest BCUT2D eigenvalue weighted by Crippen LogP contribution is 2.45. The van der Waals surface area contributed by atoms with Gasteiger partial charge in [0.2, 0.25) is 0 Å². The molecule has 2 atom stereocenters. The summed E-state index contributed by atoms with van der Waals surface area (Å²) in [7, 11) is 0. The van der Waals surface area contributed by atoms with Gasteiger partial charge in [-0.3, -0.25) is 4.79 Å². The van der Waals surface area contributed by atoms with Crippen molar-refractivity contribution in [1.82, 2.24) is 5.01 Å². The predicted octanol–water partition coefficient (Wildman–Crippen LogP) is 8.08. The van der Waals surface area contributed by atoms with Crippen LogP contribution in [0.3, 0.4) is 0 Å². The topological polar surface area (TPSA) is 32.7 Å². The molecule has 0 unspecified atom stereocenters. The van der Waals surface area contributed by atoms with Crippen molar-refractivity contribution in [1.29, 1.82) is 0 Å². The van der Waals surface area contributed by atoms with E-state index in [0.29, 0.717) is 20.6 Å². The van der Waals surface area contributed by atoms with Crippen LogP contribution < -0.4 is 0 Å². The van der Waals surface area contributed by atoms with Crippen molar-refractivity contribution in [3.8, 4) is 0 Å². The van der Waals surface area contributed by atoms with Crippen LogP contribution >= 0.6 is 34.8 Å². The molecule has 3 aromatic carbocycles. The number of amides is 1. The van der Waals surface area contributed by atoms with Crippen molar-refractivity contribution < 1.29 is 4.79 Å². The van der Waals surface area contributed by atoms with Crippen LogP contribution in [0.5, 0.6) is 0 Å². The van der Waals surface area contributed by atoms with Crippen molar-refractivity contribution in [3.05, 3.63) is 110 Å². The van der Waals surface area contributed by atoms with Crippen LogP contribution in [0, 0.1) is 5.92 Å². The van der Waals surface area contributed by atoms with E-state index >= 15 is 0 Å². The molecule has 1 heterocycles. The zero-order valence-corrected chi connectivity index (χ0v) is 20.0. The molecule has 5 rings (SSSR count). The highest BCUT2D eigenvalue weighted by atomic mass is 35.5. The Kier molecular flexibility index (Phi) is 6.29. The molecule has 1 amide bonds. The maximum Gasteiger partial charge on any atom is 0.274 e.